The maximum absolute atomic E-state index is 12.6. The topological polar surface area (TPSA) is 78.4 Å². The highest BCUT2D eigenvalue weighted by Gasteiger charge is 2.24. The first-order valence-corrected chi connectivity index (χ1v) is 8.83. The molecule has 1 aliphatic rings. The van der Waals surface area contributed by atoms with Crippen LogP contribution in [0.1, 0.15) is 35.9 Å². The zero-order valence-corrected chi connectivity index (χ0v) is 15.8. The molecule has 0 spiro atoms. The Kier molecular flexibility index (Phi) is 5.29. The Balaban J connectivity index is 1.72. The number of carbonyl (C=O) groups excluding carboxylic acids is 1. The van der Waals surface area contributed by atoms with Crippen LogP contribution in [0.15, 0.2) is 24.5 Å². The van der Waals surface area contributed by atoms with E-state index in [0.717, 1.165) is 5.82 Å². The molecule has 2 aromatic rings. The lowest BCUT2D eigenvalue weighted by atomic mass is 10.2. The molecule has 3 rings (SSSR count). The van der Waals surface area contributed by atoms with Crippen LogP contribution in [-0.2, 0) is 0 Å². The van der Waals surface area contributed by atoms with Crippen LogP contribution in [0.3, 0.4) is 0 Å². The van der Waals surface area contributed by atoms with Gasteiger partial charge in [0.15, 0.2) is 0 Å². The number of piperazine rings is 1. The molecule has 0 radical (unpaired) electrons. The van der Waals surface area contributed by atoms with Gasteiger partial charge in [-0.15, -0.1) is 0 Å². The number of rotatable bonds is 4. The molecule has 0 aliphatic carbocycles. The molecule has 0 N–H and O–H groups in total. The van der Waals surface area contributed by atoms with Crippen molar-refractivity contribution in [3.8, 4) is 0 Å². The van der Waals surface area contributed by atoms with Gasteiger partial charge in [-0.3, -0.25) is 9.78 Å². The second-order valence-corrected chi connectivity index (χ2v) is 6.86. The molecule has 1 aliphatic heterocycles. The third kappa shape index (κ3) is 3.89. The van der Waals surface area contributed by atoms with Crippen molar-refractivity contribution in [1.29, 1.82) is 0 Å². The Hall–Kier alpha value is -2.77. The molecule has 1 fully saturated rings. The fourth-order valence-electron chi connectivity index (χ4n) is 2.76. The van der Waals surface area contributed by atoms with E-state index in [4.69, 9.17) is 0 Å². The quantitative estimate of drug-likeness (QED) is 0.821. The van der Waals surface area contributed by atoms with Crippen molar-refractivity contribution in [1.82, 2.24) is 24.8 Å². The fraction of sp³-hybridized carbons (Fsp3) is 0.500. The van der Waals surface area contributed by atoms with Crippen LogP contribution in [0.2, 0.25) is 0 Å². The summed E-state index contributed by atoms with van der Waals surface area (Å²) in [6.07, 6.45) is 3.29. The zero-order valence-electron chi connectivity index (χ0n) is 15.8. The van der Waals surface area contributed by atoms with Crippen LogP contribution in [0.4, 0.5) is 11.9 Å². The van der Waals surface area contributed by atoms with E-state index < -0.39 is 0 Å². The summed E-state index contributed by atoms with van der Waals surface area (Å²) in [6, 6.07) is 3.50. The van der Waals surface area contributed by atoms with Crippen molar-refractivity contribution in [3.05, 3.63) is 35.9 Å². The lowest BCUT2D eigenvalue weighted by Crippen LogP contribution is -2.49. The minimum atomic E-state index is 0.0412. The zero-order chi connectivity index (χ0) is 18.7. The predicted molar refractivity (Wildman–Crippen MR) is 101 cm³/mol. The van der Waals surface area contributed by atoms with Gasteiger partial charge in [0.1, 0.15) is 5.82 Å². The normalized spacial score (nSPS) is 14.7. The van der Waals surface area contributed by atoms with Crippen molar-refractivity contribution >= 4 is 17.8 Å². The Bertz CT molecular complexity index is 729. The second kappa shape index (κ2) is 7.63. The number of carbonyl (C=O) groups is 1. The molecular formula is C18H25N7O. The molecule has 0 saturated carbocycles. The van der Waals surface area contributed by atoms with Gasteiger partial charge in [-0.05, 0) is 12.1 Å². The van der Waals surface area contributed by atoms with Crippen LogP contribution in [-0.4, -0.2) is 71.0 Å². The first-order valence-electron chi connectivity index (χ1n) is 8.83. The van der Waals surface area contributed by atoms with Crippen molar-refractivity contribution < 1.29 is 4.79 Å². The number of aromatic nitrogens is 4. The van der Waals surface area contributed by atoms with Crippen LogP contribution >= 0.6 is 0 Å². The maximum Gasteiger partial charge on any atom is 0.254 e. The molecule has 0 unspecified atom stereocenters. The molecule has 8 heteroatoms. The van der Waals surface area contributed by atoms with Gasteiger partial charge >= 0.3 is 0 Å². The summed E-state index contributed by atoms with van der Waals surface area (Å²) in [4.78, 5) is 36.1. The highest BCUT2D eigenvalue weighted by Crippen LogP contribution is 2.19. The van der Waals surface area contributed by atoms with E-state index in [1.165, 1.54) is 0 Å². The van der Waals surface area contributed by atoms with Gasteiger partial charge in [0.2, 0.25) is 11.9 Å². The van der Waals surface area contributed by atoms with E-state index in [0.29, 0.717) is 43.6 Å². The molecule has 138 valence electrons. The fourth-order valence-corrected chi connectivity index (χ4v) is 2.76. The number of nitrogens with zero attached hydrogens (tertiary/aromatic N) is 7. The van der Waals surface area contributed by atoms with Crippen LogP contribution in [0, 0.1) is 0 Å². The van der Waals surface area contributed by atoms with Gasteiger partial charge < -0.3 is 14.7 Å². The third-order valence-electron chi connectivity index (χ3n) is 4.32. The maximum atomic E-state index is 12.6. The molecule has 1 amide bonds. The molecule has 0 aromatic carbocycles. The molecule has 26 heavy (non-hydrogen) atoms. The van der Waals surface area contributed by atoms with Crippen LogP contribution in [0.5, 0.6) is 0 Å². The SMILES string of the molecule is CC(C)c1nc(N(C)C)nc(N2CCN(C(=O)c3ccncc3)CC2)n1. The smallest absolute Gasteiger partial charge is 0.254 e. The van der Waals surface area contributed by atoms with Crippen molar-refractivity contribution in [2.24, 2.45) is 0 Å². The summed E-state index contributed by atoms with van der Waals surface area (Å²) in [6.45, 7) is 6.83. The summed E-state index contributed by atoms with van der Waals surface area (Å²) in [5, 5.41) is 0. The van der Waals surface area contributed by atoms with Gasteiger partial charge in [0.05, 0.1) is 0 Å². The number of hydrogen-bond acceptors (Lipinski definition) is 7. The molecule has 0 bridgehead atoms. The second-order valence-electron chi connectivity index (χ2n) is 6.86. The van der Waals surface area contributed by atoms with Crippen LogP contribution < -0.4 is 9.80 Å². The van der Waals surface area contributed by atoms with E-state index in [2.05, 4.69) is 38.7 Å². The average Bonchev–Trinajstić information content (AvgIpc) is 2.67. The first kappa shape index (κ1) is 18.0. The summed E-state index contributed by atoms with van der Waals surface area (Å²) >= 11 is 0. The molecule has 0 atom stereocenters. The van der Waals surface area contributed by atoms with E-state index in [9.17, 15) is 4.79 Å². The van der Waals surface area contributed by atoms with E-state index in [1.54, 1.807) is 24.5 Å². The summed E-state index contributed by atoms with van der Waals surface area (Å²) < 4.78 is 0. The summed E-state index contributed by atoms with van der Waals surface area (Å²) in [5.41, 5.74) is 0.672. The van der Waals surface area contributed by atoms with E-state index in [1.807, 2.05) is 23.9 Å². The Labute approximate surface area is 153 Å². The van der Waals surface area contributed by atoms with Crippen molar-refractivity contribution in [2.45, 2.75) is 19.8 Å². The van der Waals surface area contributed by atoms with E-state index in [-0.39, 0.29) is 11.8 Å². The summed E-state index contributed by atoms with van der Waals surface area (Å²) in [7, 11) is 3.85. The molecule has 8 nitrogen and oxygen atoms in total. The summed E-state index contributed by atoms with van der Waals surface area (Å²) in [5.74, 6) is 2.40. The van der Waals surface area contributed by atoms with Crippen molar-refractivity contribution in [3.63, 3.8) is 0 Å². The predicted octanol–water partition coefficient (Wildman–Crippen LogP) is 1.42. The highest BCUT2D eigenvalue weighted by atomic mass is 16.2. The molecule has 2 aromatic heterocycles. The largest absolute Gasteiger partial charge is 0.347 e. The van der Waals surface area contributed by atoms with Crippen LogP contribution in [0.25, 0.3) is 0 Å². The lowest BCUT2D eigenvalue weighted by molar-refractivity contribution is 0.0746. The molecule has 1 saturated heterocycles. The molecular weight excluding hydrogens is 330 g/mol. The average molecular weight is 355 g/mol. The number of pyridine rings is 1. The highest BCUT2D eigenvalue weighted by molar-refractivity contribution is 5.94. The molecule has 3 heterocycles. The first-order chi connectivity index (χ1) is 12.5. The van der Waals surface area contributed by atoms with Gasteiger partial charge in [-0.25, -0.2) is 0 Å². The number of amides is 1. The third-order valence-corrected chi connectivity index (χ3v) is 4.32. The van der Waals surface area contributed by atoms with Gasteiger partial charge in [0, 0.05) is 64.1 Å². The van der Waals surface area contributed by atoms with Gasteiger partial charge in [-0.1, -0.05) is 13.8 Å². The number of hydrogen-bond donors (Lipinski definition) is 0. The minimum Gasteiger partial charge on any atom is -0.347 e. The van der Waals surface area contributed by atoms with E-state index >= 15 is 0 Å². The lowest BCUT2D eigenvalue weighted by Gasteiger charge is -2.35. The standard InChI is InChI=1S/C18H25N7O/c1-13(2)15-20-17(23(3)4)22-18(21-15)25-11-9-24(10-12-25)16(26)14-5-7-19-8-6-14/h5-8,13H,9-12H2,1-4H3. The Morgan fingerprint density at radius 1 is 1.04 bits per heavy atom. The Morgan fingerprint density at radius 3 is 2.27 bits per heavy atom. The number of anilines is 2. The van der Waals surface area contributed by atoms with Gasteiger partial charge in [-0.2, -0.15) is 15.0 Å². The van der Waals surface area contributed by atoms with Gasteiger partial charge in [0.25, 0.3) is 5.91 Å². The minimum absolute atomic E-state index is 0.0412. The van der Waals surface area contributed by atoms with Crippen molar-refractivity contribution in [2.75, 3.05) is 50.1 Å². The Morgan fingerprint density at radius 2 is 1.69 bits per heavy atom. The monoisotopic (exact) mass is 355 g/mol.